The molecule has 0 unspecified atom stereocenters. The standard InChI is InChI=1S/C17H16N6O3.C2HF3O2/c1-21-12-3-2-6-19-15(12)23(17(21)26)13-5-4-10(9-11(18)16(24)25)22-8-7-20-14(13)22;3-2(4,5)1(6)7/h2-8,11H,9,18H2,1H3,(H,24,25);(H,6,7)/t11-;/m0./s1. The van der Waals surface area contributed by atoms with Crippen LogP contribution >= 0.6 is 0 Å². The van der Waals surface area contributed by atoms with Gasteiger partial charge in [-0.3, -0.25) is 9.36 Å². The number of nitrogens with zero attached hydrogens (tertiary/aromatic N) is 5. The Hall–Kier alpha value is -4.20. The number of carboxylic acids is 2. The molecule has 0 aliphatic heterocycles. The van der Waals surface area contributed by atoms with Crippen LogP contribution in [0, 0.1) is 0 Å². The van der Waals surface area contributed by atoms with Crippen LogP contribution in [0.1, 0.15) is 5.69 Å². The zero-order valence-electron chi connectivity index (χ0n) is 16.9. The first kappa shape index (κ1) is 23.5. The molecule has 0 spiro atoms. The molecule has 0 aromatic carbocycles. The van der Waals surface area contributed by atoms with Gasteiger partial charge in [0.15, 0.2) is 11.3 Å². The monoisotopic (exact) mass is 466 g/mol. The van der Waals surface area contributed by atoms with Crippen molar-refractivity contribution in [3.05, 3.63) is 59.0 Å². The molecule has 0 aliphatic rings. The average Bonchev–Trinajstić information content (AvgIpc) is 3.33. The summed E-state index contributed by atoms with van der Waals surface area (Å²) in [6, 6.07) is 6.06. The van der Waals surface area contributed by atoms with E-state index in [1.165, 1.54) is 9.13 Å². The smallest absolute Gasteiger partial charge is 0.480 e. The predicted octanol–water partition coefficient (Wildman–Crippen LogP) is 0.960. The van der Waals surface area contributed by atoms with Crippen molar-refractivity contribution >= 4 is 28.7 Å². The summed E-state index contributed by atoms with van der Waals surface area (Å²) in [6.07, 6.45) is -0.00298. The normalized spacial score (nSPS) is 12.4. The van der Waals surface area contributed by atoms with Crippen LogP contribution in [0.3, 0.4) is 0 Å². The molecule has 11 nitrogen and oxygen atoms in total. The Morgan fingerprint density at radius 2 is 1.76 bits per heavy atom. The van der Waals surface area contributed by atoms with E-state index in [1.807, 2.05) is 6.07 Å². The van der Waals surface area contributed by atoms with Crippen molar-refractivity contribution in [3.8, 4) is 5.69 Å². The van der Waals surface area contributed by atoms with Crippen LogP contribution in [0.2, 0.25) is 0 Å². The molecule has 4 heterocycles. The highest BCUT2D eigenvalue weighted by atomic mass is 19.4. The number of nitrogens with two attached hydrogens (primary N) is 1. The summed E-state index contributed by atoms with van der Waals surface area (Å²) in [5.41, 5.74) is 8.44. The number of rotatable bonds is 4. The van der Waals surface area contributed by atoms with E-state index in [1.54, 1.807) is 48.2 Å². The number of aliphatic carboxylic acids is 2. The number of imidazole rings is 2. The summed E-state index contributed by atoms with van der Waals surface area (Å²) in [4.78, 5) is 41.4. The molecule has 4 N–H and O–H groups in total. The second kappa shape index (κ2) is 8.74. The van der Waals surface area contributed by atoms with Crippen molar-refractivity contribution in [1.29, 1.82) is 0 Å². The first-order chi connectivity index (χ1) is 15.4. The van der Waals surface area contributed by atoms with Crippen LogP contribution in [0.5, 0.6) is 0 Å². The third-order valence-corrected chi connectivity index (χ3v) is 4.66. The molecular weight excluding hydrogens is 449 g/mol. The molecule has 0 aliphatic carbocycles. The van der Waals surface area contributed by atoms with Gasteiger partial charge in [0.2, 0.25) is 0 Å². The Morgan fingerprint density at radius 3 is 2.36 bits per heavy atom. The van der Waals surface area contributed by atoms with Gasteiger partial charge in [-0.2, -0.15) is 13.2 Å². The highest BCUT2D eigenvalue weighted by Crippen LogP contribution is 2.20. The zero-order valence-corrected chi connectivity index (χ0v) is 16.9. The number of aromatic nitrogens is 5. The average molecular weight is 466 g/mol. The molecule has 1 atom stereocenters. The highest BCUT2D eigenvalue weighted by molar-refractivity contribution is 5.77. The Labute approximate surface area is 182 Å². The molecule has 4 aromatic heterocycles. The van der Waals surface area contributed by atoms with Crippen LogP contribution in [0.15, 0.2) is 47.7 Å². The third kappa shape index (κ3) is 4.55. The van der Waals surface area contributed by atoms with Gasteiger partial charge in [0, 0.05) is 37.8 Å². The van der Waals surface area contributed by atoms with Gasteiger partial charge in [0.05, 0.1) is 11.2 Å². The number of hydrogen-bond donors (Lipinski definition) is 3. The summed E-state index contributed by atoms with van der Waals surface area (Å²) in [6.45, 7) is 0. The van der Waals surface area contributed by atoms with E-state index >= 15 is 0 Å². The Bertz CT molecular complexity index is 1400. The second-order valence-electron chi connectivity index (χ2n) is 6.81. The number of hydrogen-bond acceptors (Lipinski definition) is 6. The number of halogens is 3. The zero-order chi connectivity index (χ0) is 24.5. The molecule has 4 rings (SSSR count). The molecule has 0 saturated heterocycles. The predicted molar refractivity (Wildman–Crippen MR) is 108 cm³/mol. The molecule has 4 aromatic rings. The van der Waals surface area contributed by atoms with Crippen molar-refractivity contribution in [3.63, 3.8) is 0 Å². The molecule has 0 amide bonds. The number of pyridine rings is 2. The van der Waals surface area contributed by atoms with Crippen LogP contribution in [0.25, 0.3) is 22.5 Å². The number of aryl methyl sites for hydroxylation is 1. The van der Waals surface area contributed by atoms with Gasteiger partial charge in [-0.25, -0.2) is 24.1 Å². The van der Waals surface area contributed by atoms with Crippen molar-refractivity contribution in [1.82, 2.24) is 23.5 Å². The molecule has 14 heteroatoms. The molecule has 174 valence electrons. The number of alkyl halides is 3. The first-order valence-corrected chi connectivity index (χ1v) is 9.19. The van der Waals surface area contributed by atoms with Crippen LogP contribution < -0.4 is 11.4 Å². The third-order valence-electron chi connectivity index (χ3n) is 4.66. The van der Waals surface area contributed by atoms with E-state index in [0.29, 0.717) is 28.2 Å². The largest absolute Gasteiger partial charge is 0.490 e. The molecule has 0 saturated carbocycles. The lowest BCUT2D eigenvalue weighted by molar-refractivity contribution is -0.192. The second-order valence-corrected chi connectivity index (χ2v) is 6.81. The van der Waals surface area contributed by atoms with E-state index in [-0.39, 0.29) is 12.1 Å². The maximum absolute atomic E-state index is 12.8. The minimum Gasteiger partial charge on any atom is -0.480 e. The van der Waals surface area contributed by atoms with Gasteiger partial charge in [0.25, 0.3) is 0 Å². The van der Waals surface area contributed by atoms with Crippen LogP contribution in [-0.2, 0) is 23.1 Å². The number of fused-ring (bicyclic) bond motifs is 2. The fourth-order valence-electron chi connectivity index (χ4n) is 3.09. The van der Waals surface area contributed by atoms with E-state index in [9.17, 15) is 22.8 Å². The molecule has 0 fully saturated rings. The lowest BCUT2D eigenvalue weighted by atomic mass is 10.1. The topological polar surface area (TPSA) is 158 Å². The van der Waals surface area contributed by atoms with Crippen LogP contribution in [0.4, 0.5) is 13.2 Å². The summed E-state index contributed by atoms with van der Waals surface area (Å²) in [5.74, 6) is -3.83. The lowest BCUT2D eigenvalue weighted by Crippen LogP contribution is -2.33. The Morgan fingerprint density at radius 1 is 1.12 bits per heavy atom. The minimum absolute atomic E-state index is 0.144. The van der Waals surface area contributed by atoms with Gasteiger partial charge in [-0.05, 0) is 24.3 Å². The van der Waals surface area contributed by atoms with Gasteiger partial charge in [-0.1, -0.05) is 0 Å². The van der Waals surface area contributed by atoms with Gasteiger partial charge < -0.3 is 20.3 Å². The van der Waals surface area contributed by atoms with Crippen LogP contribution in [-0.4, -0.2) is 57.9 Å². The van der Waals surface area contributed by atoms with E-state index in [4.69, 9.17) is 20.7 Å². The maximum atomic E-state index is 12.8. The SMILES string of the molecule is Cn1c(=O)n(-c2ccc(C[C@H](N)C(=O)O)n3ccnc23)c2ncccc21.O=C(O)C(F)(F)F. The number of carboxylic acid groups (broad SMARTS) is 2. The lowest BCUT2D eigenvalue weighted by Gasteiger charge is -2.12. The van der Waals surface area contributed by atoms with Crippen molar-refractivity contribution in [2.24, 2.45) is 12.8 Å². The van der Waals surface area contributed by atoms with Gasteiger partial charge in [0.1, 0.15) is 6.04 Å². The summed E-state index contributed by atoms with van der Waals surface area (Å²) >= 11 is 0. The van der Waals surface area contributed by atoms with E-state index in [0.717, 1.165) is 0 Å². The molecule has 0 bridgehead atoms. The quantitative estimate of drug-likeness (QED) is 0.401. The molecule has 0 radical (unpaired) electrons. The van der Waals surface area contributed by atoms with E-state index < -0.39 is 24.2 Å². The van der Waals surface area contributed by atoms with Crippen molar-refractivity contribution < 1.29 is 33.0 Å². The Kier molecular flexibility index (Phi) is 6.21. The first-order valence-electron chi connectivity index (χ1n) is 9.19. The molecule has 33 heavy (non-hydrogen) atoms. The fourth-order valence-corrected chi connectivity index (χ4v) is 3.09. The van der Waals surface area contributed by atoms with E-state index in [2.05, 4.69) is 9.97 Å². The van der Waals surface area contributed by atoms with Crippen molar-refractivity contribution in [2.45, 2.75) is 18.6 Å². The highest BCUT2D eigenvalue weighted by Gasteiger charge is 2.38. The fraction of sp³-hybridized carbons (Fsp3) is 0.211. The summed E-state index contributed by atoms with van der Waals surface area (Å²) in [7, 11) is 1.69. The molecular formula is C19H17F3N6O5. The van der Waals surface area contributed by atoms with Gasteiger partial charge >= 0.3 is 23.8 Å². The van der Waals surface area contributed by atoms with Crippen molar-refractivity contribution in [2.75, 3.05) is 0 Å². The van der Waals surface area contributed by atoms with Gasteiger partial charge in [-0.15, -0.1) is 0 Å². The summed E-state index contributed by atoms with van der Waals surface area (Å²) < 4.78 is 36.5. The maximum Gasteiger partial charge on any atom is 0.490 e. The Balaban J connectivity index is 0.000000383. The minimum atomic E-state index is -5.08. The summed E-state index contributed by atoms with van der Waals surface area (Å²) in [5, 5.41) is 16.2. The number of carbonyl (C=O) groups is 2.